The number of piperidine rings is 1. The predicted molar refractivity (Wildman–Crippen MR) is 92.5 cm³/mol. The van der Waals surface area contributed by atoms with Gasteiger partial charge < -0.3 is 4.90 Å². The number of anilines is 1. The van der Waals surface area contributed by atoms with E-state index in [0.717, 1.165) is 24.5 Å². The molecule has 22 heavy (non-hydrogen) atoms. The molecule has 1 aromatic carbocycles. The van der Waals surface area contributed by atoms with Gasteiger partial charge in [0, 0.05) is 42.4 Å². The van der Waals surface area contributed by atoms with Crippen molar-refractivity contribution in [3.8, 4) is 0 Å². The summed E-state index contributed by atoms with van der Waals surface area (Å²) >= 11 is 0. The molecule has 2 aliphatic heterocycles. The van der Waals surface area contributed by atoms with Crippen molar-refractivity contribution in [2.24, 2.45) is 0 Å². The summed E-state index contributed by atoms with van der Waals surface area (Å²) < 4.78 is 0. The second-order valence-corrected chi connectivity index (χ2v) is 6.64. The smallest absolute Gasteiger partial charge is 0.0726 e. The number of piperazine rings is 1. The number of aromatic nitrogens is 1. The predicted octanol–water partition coefficient (Wildman–Crippen LogP) is 3.47. The maximum Gasteiger partial charge on any atom is 0.0726 e. The molecule has 3 heterocycles. The first kappa shape index (κ1) is 14.0. The molecule has 116 valence electrons. The van der Waals surface area contributed by atoms with Crippen LogP contribution in [0.4, 0.5) is 5.69 Å². The van der Waals surface area contributed by atoms with Gasteiger partial charge in [0.15, 0.2) is 0 Å². The SMILES string of the molecule is CCc1cc(N2CCN3CCCCC3C2)c2ccccc2n1. The molecule has 2 saturated heterocycles. The molecule has 1 aromatic heterocycles. The van der Waals surface area contributed by atoms with Crippen molar-refractivity contribution in [2.45, 2.75) is 38.6 Å². The number of pyridine rings is 1. The quantitative estimate of drug-likeness (QED) is 0.845. The minimum absolute atomic E-state index is 0.750. The Bertz CT molecular complexity index is 667. The first-order valence-corrected chi connectivity index (χ1v) is 8.73. The lowest BCUT2D eigenvalue weighted by Crippen LogP contribution is -2.55. The largest absolute Gasteiger partial charge is 0.368 e. The second kappa shape index (κ2) is 5.88. The Kier molecular flexibility index (Phi) is 3.75. The molecule has 0 aliphatic carbocycles. The van der Waals surface area contributed by atoms with E-state index >= 15 is 0 Å². The van der Waals surface area contributed by atoms with Crippen LogP contribution in [0.5, 0.6) is 0 Å². The molecule has 0 bridgehead atoms. The van der Waals surface area contributed by atoms with Crippen LogP contribution in [0.25, 0.3) is 10.9 Å². The lowest BCUT2D eigenvalue weighted by atomic mass is 9.98. The van der Waals surface area contributed by atoms with Crippen LogP contribution in [-0.4, -0.2) is 42.1 Å². The average Bonchev–Trinajstić information content (AvgIpc) is 2.60. The minimum atomic E-state index is 0.750. The van der Waals surface area contributed by atoms with Gasteiger partial charge in [-0.2, -0.15) is 0 Å². The number of benzene rings is 1. The van der Waals surface area contributed by atoms with Crippen LogP contribution in [0, 0.1) is 0 Å². The van der Waals surface area contributed by atoms with Crippen molar-refractivity contribution in [3.05, 3.63) is 36.0 Å². The van der Waals surface area contributed by atoms with Crippen LogP contribution in [0.15, 0.2) is 30.3 Å². The maximum absolute atomic E-state index is 4.79. The topological polar surface area (TPSA) is 19.4 Å². The van der Waals surface area contributed by atoms with Crippen molar-refractivity contribution < 1.29 is 0 Å². The fraction of sp³-hybridized carbons (Fsp3) is 0.526. The van der Waals surface area contributed by atoms with Crippen LogP contribution < -0.4 is 4.90 Å². The van der Waals surface area contributed by atoms with Gasteiger partial charge in [-0.3, -0.25) is 9.88 Å². The van der Waals surface area contributed by atoms with Crippen LogP contribution in [0.2, 0.25) is 0 Å². The number of nitrogens with zero attached hydrogens (tertiary/aromatic N) is 3. The molecule has 4 rings (SSSR count). The Hall–Kier alpha value is -1.61. The highest BCUT2D eigenvalue weighted by Gasteiger charge is 2.29. The van der Waals surface area contributed by atoms with Gasteiger partial charge in [-0.1, -0.05) is 31.5 Å². The van der Waals surface area contributed by atoms with Gasteiger partial charge in [0.25, 0.3) is 0 Å². The zero-order valence-corrected chi connectivity index (χ0v) is 13.5. The Balaban J connectivity index is 1.70. The van der Waals surface area contributed by atoms with Crippen molar-refractivity contribution >= 4 is 16.6 Å². The molecule has 3 nitrogen and oxygen atoms in total. The molecule has 2 fully saturated rings. The number of hydrogen-bond acceptors (Lipinski definition) is 3. The van der Waals surface area contributed by atoms with Gasteiger partial charge in [0.2, 0.25) is 0 Å². The number of fused-ring (bicyclic) bond motifs is 2. The summed E-state index contributed by atoms with van der Waals surface area (Å²) in [7, 11) is 0. The van der Waals surface area contributed by atoms with Gasteiger partial charge in [0.05, 0.1) is 5.52 Å². The fourth-order valence-corrected chi connectivity index (χ4v) is 4.03. The Morgan fingerprint density at radius 3 is 2.95 bits per heavy atom. The van der Waals surface area contributed by atoms with Crippen molar-refractivity contribution in [1.29, 1.82) is 0 Å². The lowest BCUT2D eigenvalue weighted by molar-refractivity contribution is 0.133. The standard InChI is InChI=1S/C19H25N3/c1-2-15-13-19(17-8-3-4-9-18(17)20-15)22-12-11-21-10-6-5-7-16(21)14-22/h3-4,8-9,13,16H,2,5-7,10-12,14H2,1H3. The van der Waals surface area contributed by atoms with E-state index in [-0.39, 0.29) is 0 Å². The fourth-order valence-electron chi connectivity index (χ4n) is 4.03. The van der Waals surface area contributed by atoms with E-state index < -0.39 is 0 Å². The van der Waals surface area contributed by atoms with E-state index in [2.05, 4.69) is 47.1 Å². The molecule has 3 heteroatoms. The van der Waals surface area contributed by atoms with Gasteiger partial charge in [-0.05, 0) is 37.9 Å². The Morgan fingerprint density at radius 2 is 2.05 bits per heavy atom. The lowest BCUT2D eigenvalue weighted by Gasteiger charge is -2.45. The summed E-state index contributed by atoms with van der Waals surface area (Å²) in [6.07, 6.45) is 5.14. The number of para-hydroxylation sites is 1. The normalized spacial score (nSPS) is 22.8. The molecular weight excluding hydrogens is 270 g/mol. The molecule has 0 saturated carbocycles. The molecule has 2 aromatic rings. The minimum Gasteiger partial charge on any atom is -0.368 e. The van der Waals surface area contributed by atoms with E-state index in [4.69, 9.17) is 4.98 Å². The molecule has 1 atom stereocenters. The van der Waals surface area contributed by atoms with E-state index in [1.807, 2.05) is 0 Å². The zero-order valence-electron chi connectivity index (χ0n) is 13.5. The molecule has 1 unspecified atom stereocenters. The highest BCUT2D eigenvalue weighted by atomic mass is 15.3. The van der Waals surface area contributed by atoms with Crippen molar-refractivity contribution in [2.75, 3.05) is 31.1 Å². The van der Waals surface area contributed by atoms with Crippen LogP contribution in [0.3, 0.4) is 0 Å². The average molecular weight is 295 g/mol. The van der Waals surface area contributed by atoms with Gasteiger partial charge >= 0.3 is 0 Å². The molecule has 0 radical (unpaired) electrons. The van der Waals surface area contributed by atoms with Crippen LogP contribution in [0.1, 0.15) is 31.9 Å². The van der Waals surface area contributed by atoms with E-state index in [1.165, 1.54) is 55.7 Å². The number of aryl methyl sites for hydroxylation is 1. The first-order valence-electron chi connectivity index (χ1n) is 8.73. The van der Waals surface area contributed by atoms with Gasteiger partial charge in [-0.15, -0.1) is 0 Å². The van der Waals surface area contributed by atoms with Gasteiger partial charge in [-0.25, -0.2) is 0 Å². The Labute approximate surface area is 132 Å². The van der Waals surface area contributed by atoms with E-state index in [9.17, 15) is 0 Å². The second-order valence-electron chi connectivity index (χ2n) is 6.64. The van der Waals surface area contributed by atoms with Crippen molar-refractivity contribution in [3.63, 3.8) is 0 Å². The summed E-state index contributed by atoms with van der Waals surface area (Å²) in [5, 5.41) is 1.31. The monoisotopic (exact) mass is 295 g/mol. The highest BCUT2D eigenvalue weighted by molar-refractivity contribution is 5.92. The molecule has 0 N–H and O–H groups in total. The van der Waals surface area contributed by atoms with Crippen LogP contribution in [-0.2, 0) is 6.42 Å². The highest BCUT2D eigenvalue weighted by Crippen LogP contribution is 2.30. The zero-order chi connectivity index (χ0) is 14.9. The summed E-state index contributed by atoms with van der Waals surface area (Å²) in [4.78, 5) is 10.1. The Morgan fingerprint density at radius 1 is 1.14 bits per heavy atom. The van der Waals surface area contributed by atoms with Crippen LogP contribution >= 0.6 is 0 Å². The van der Waals surface area contributed by atoms with Crippen molar-refractivity contribution in [1.82, 2.24) is 9.88 Å². The maximum atomic E-state index is 4.79. The summed E-state index contributed by atoms with van der Waals surface area (Å²) in [5.74, 6) is 0. The van der Waals surface area contributed by atoms with E-state index in [0.29, 0.717) is 0 Å². The molecular formula is C19H25N3. The molecule has 0 amide bonds. The first-order chi connectivity index (χ1) is 10.8. The summed E-state index contributed by atoms with van der Waals surface area (Å²) in [6, 6.07) is 11.7. The summed E-state index contributed by atoms with van der Waals surface area (Å²) in [6.45, 7) is 7.03. The summed E-state index contributed by atoms with van der Waals surface area (Å²) in [5.41, 5.74) is 3.75. The molecule has 0 spiro atoms. The van der Waals surface area contributed by atoms with E-state index in [1.54, 1.807) is 0 Å². The third-order valence-electron chi connectivity index (χ3n) is 5.29. The van der Waals surface area contributed by atoms with Gasteiger partial charge in [0.1, 0.15) is 0 Å². The third-order valence-corrected chi connectivity index (χ3v) is 5.29. The number of hydrogen-bond donors (Lipinski definition) is 0. The third kappa shape index (κ3) is 2.48. The molecule has 2 aliphatic rings. The number of rotatable bonds is 2.